The van der Waals surface area contributed by atoms with Gasteiger partial charge in [0.05, 0.1) is 5.41 Å². The molecule has 3 heterocycles. The molecule has 1 aromatic carbocycles. The summed E-state index contributed by atoms with van der Waals surface area (Å²) in [4.78, 5) is 8.84. The lowest BCUT2D eigenvalue weighted by atomic mass is 9.67. The van der Waals surface area contributed by atoms with Gasteiger partial charge in [-0.1, -0.05) is 38.1 Å². The molecular formula is C31H39F4N3. The highest BCUT2D eigenvalue weighted by Gasteiger charge is 2.58. The molecule has 1 saturated carbocycles. The van der Waals surface area contributed by atoms with Crippen molar-refractivity contribution in [3.63, 3.8) is 0 Å². The summed E-state index contributed by atoms with van der Waals surface area (Å²) >= 11 is 0. The predicted molar refractivity (Wildman–Crippen MR) is 144 cm³/mol. The second kappa shape index (κ2) is 11.0. The van der Waals surface area contributed by atoms with Crippen molar-refractivity contribution in [1.82, 2.24) is 14.8 Å². The number of halogens is 4. The van der Waals surface area contributed by atoms with Gasteiger partial charge in [-0.2, -0.15) is 13.2 Å². The monoisotopic (exact) mass is 529 g/mol. The molecule has 2 saturated heterocycles. The number of likely N-dealkylation sites (tertiary alicyclic amines) is 2. The smallest absolute Gasteiger partial charge is 0.371 e. The van der Waals surface area contributed by atoms with Crippen LogP contribution in [0.3, 0.4) is 0 Å². The van der Waals surface area contributed by atoms with E-state index in [4.69, 9.17) is 0 Å². The minimum absolute atomic E-state index is 0.162. The van der Waals surface area contributed by atoms with Crippen molar-refractivity contribution >= 4 is 5.70 Å². The van der Waals surface area contributed by atoms with Crippen molar-refractivity contribution in [3.8, 4) is 11.1 Å². The fraction of sp³-hybridized carbons (Fsp3) is 0.581. The summed E-state index contributed by atoms with van der Waals surface area (Å²) in [5.74, 6) is 0.870. The third-order valence-corrected chi connectivity index (χ3v) is 9.20. The second-order valence-corrected chi connectivity index (χ2v) is 11.9. The SMILES string of the molecule is C=C(c1ccc(-c2ccc(CCC3CCN(CC4(C(F)(F)F)CCC4)CC3)nc2)c(F)c1)N1CCC(C)C1. The van der Waals surface area contributed by atoms with Crippen LogP contribution < -0.4 is 0 Å². The summed E-state index contributed by atoms with van der Waals surface area (Å²) in [7, 11) is 0. The summed E-state index contributed by atoms with van der Waals surface area (Å²) in [6, 6.07) is 9.21. The highest BCUT2D eigenvalue weighted by atomic mass is 19.4. The van der Waals surface area contributed by atoms with Crippen LogP contribution in [0.5, 0.6) is 0 Å². The minimum atomic E-state index is -4.09. The number of aromatic nitrogens is 1. The Morgan fingerprint density at radius 2 is 1.84 bits per heavy atom. The van der Waals surface area contributed by atoms with Gasteiger partial charge in [-0.05, 0) is 82.0 Å². The molecule has 2 aliphatic heterocycles. The van der Waals surface area contributed by atoms with Crippen LogP contribution in [-0.4, -0.2) is 53.7 Å². The van der Waals surface area contributed by atoms with E-state index in [9.17, 15) is 13.2 Å². The molecule has 38 heavy (non-hydrogen) atoms. The number of alkyl halides is 3. The number of rotatable bonds is 8. The summed E-state index contributed by atoms with van der Waals surface area (Å²) in [5.41, 5.74) is 2.48. The van der Waals surface area contributed by atoms with Gasteiger partial charge in [-0.25, -0.2) is 4.39 Å². The van der Waals surface area contributed by atoms with Crippen molar-refractivity contribution in [1.29, 1.82) is 0 Å². The Kier molecular flexibility index (Phi) is 7.86. The predicted octanol–water partition coefficient (Wildman–Crippen LogP) is 7.58. The van der Waals surface area contributed by atoms with Gasteiger partial charge in [0.1, 0.15) is 5.82 Å². The minimum Gasteiger partial charge on any atom is -0.371 e. The van der Waals surface area contributed by atoms with Gasteiger partial charge in [0, 0.05) is 53.9 Å². The average Bonchev–Trinajstić information content (AvgIpc) is 3.31. The van der Waals surface area contributed by atoms with Crippen molar-refractivity contribution < 1.29 is 17.6 Å². The number of aryl methyl sites for hydroxylation is 1. The van der Waals surface area contributed by atoms with Crippen LogP contribution in [0.15, 0.2) is 43.1 Å². The van der Waals surface area contributed by atoms with Crippen molar-refractivity contribution in [2.45, 2.75) is 64.5 Å². The third kappa shape index (κ3) is 5.78. The number of hydrogen-bond acceptors (Lipinski definition) is 3. The Morgan fingerprint density at radius 3 is 2.39 bits per heavy atom. The molecule has 1 aliphatic carbocycles. The van der Waals surface area contributed by atoms with Gasteiger partial charge in [0.25, 0.3) is 0 Å². The van der Waals surface area contributed by atoms with Gasteiger partial charge in [0.15, 0.2) is 0 Å². The molecule has 1 atom stereocenters. The van der Waals surface area contributed by atoms with E-state index in [-0.39, 0.29) is 25.2 Å². The van der Waals surface area contributed by atoms with Crippen LogP contribution in [0.25, 0.3) is 16.8 Å². The first kappa shape index (κ1) is 27.2. The Morgan fingerprint density at radius 1 is 1.08 bits per heavy atom. The summed E-state index contributed by atoms with van der Waals surface area (Å²) in [6.07, 6.45) is 3.70. The molecule has 3 fully saturated rings. The standard InChI is InChI=1S/C31H39F4N3/c1-22-10-17-38(20-22)23(2)25-6-9-28(29(32)18-25)26-5-8-27(36-19-26)7-4-24-11-15-37(16-12-24)21-30(13-3-14-30)31(33,34)35/h5-6,8-9,18-19,22,24H,2-4,7,10-17,20-21H2,1H3. The van der Waals surface area contributed by atoms with E-state index in [1.807, 2.05) is 29.2 Å². The van der Waals surface area contributed by atoms with Crippen LogP contribution in [-0.2, 0) is 6.42 Å². The highest BCUT2D eigenvalue weighted by Crippen LogP contribution is 2.53. The van der Waals surface area contributed by atoms with E-state index < -0.39 is 11.6 Å². The molecule has 0 bridgehead atoms. The van der Waals surface area contributed by atoms with Gasteiger partial charge < -0.3 is 9.80 Å². The molecule has 5 rings (SSSR count). The molecule has 1 unspecified atom stereocenters. The lowest BCUT2D eigenvalue weighted by Gasteiger charge is -2.47. The van der Waals surface area contributed by atoms with Gasteiger partial charge >= 0.3 is 6.18 Å². The molecule has 0 N–H and O–H groups in total. The summed E-state index contributed by atoms with van der Waals surface area (Å²) < 4.78 is 55.6. The number of benzene rings is 1. The quantitative estimate of drug-likeness (QED) is 0.329. The molecular weight excluding hydrogens is 490 g/mol. The fourth-order valence-corrected chi connectivity index (χ4v) is 6.37. The second-order valence-electron chi connectivity index (χ2n) is 11.9. The zero-order valence-corrected chi connectivity index (χ0v) is 22.4. The Bertz CT molecular complexity index is 1110. The van der Waals surface area contributed by atoms with E-state index in [0.29, 0.717) is 23.8 Å². The molecule has 206 valence electrons. The molecule has 0 amide bonds. The van der Waals surface area contributed by atoms with Crippen molar-refractivity contribution in [2.24, 2.45) is 17.3 Å². The summed E-state index contributed by atoms with van der Waals surface area (Å²) in [6.45, 7) is 9.99. The number of piperidine rings is 1. The largest absolute Gasteiger partial charge is 0.395 e. The molecule has 7 heteroatoms. The lowest BCUT2D eigenvalue weighted by molar-refractivity contribution is -0.256. The summed E-state index contributed by atoms with van der Waals surface area (Å²) in [5, 5.41) is 0. The normalized spacial score (nSPS) is 22.4. The lowest BCUT2D eigenvalue weighted by Crippen LogP contribution is -2.53. The first-order valence-electron chi connectivity index (χ1n) is 14.1. The molecule has 0 radical (unpaired) electrons. The zero-order chi connectivity index (χ0) is 26.9. The van der Waals surface area contributed by atoms with E-state index in [1.165, 1.54) is 0 Å². The van der Waals surface area contributed by atoms with Crippen LogP contribution >= 0.6 is 0 Å². The van der Waals surface area contributed by atoms with Crippen LogP contribution in [0.4, 0.5) is 17.6 Å². The third-order valence-electron chi connectivity index (χ3n) is 9.20. The molecule has 3 aliphatic rings. The average molecular weight is 530 g/mol. The van der Waals surface area contributed by atoms with Gasteiger partial charge in [-0.3, -0.25) is 4.98 Å². The van der Waals surface area contributed by atoms with Crippen LogP contribution in [0.2, 0.25) is 0 Å². The molecule has 3 nitrogen and oxygen atoms in total. The Balaban J connectivity index is 1.11. The van der Waals surface area contributed by atoms with Gasteiger partial charge in [0.2, 0.25) is 0 Å². The Labute approximate surface area is 223 Å². The maximum absolute atomic E-state index is 15.0. The van der Waals surface area contributed by atoms with E-state index in [2.05, 4.69) is 23.4 Å². The molecule has 0 spiro atoms. The maximum atomic E-state index is 15.0. The van der Waals surface area contributed by atoms with Crippen molar-refractivity contribution in [3.05, 3.63) is 60.2 Å². The fourth-order valence-electron chi connectivity index (χ4n) is 6.37. The molecule has 2 aromatic rings. The number of hydrogen-bond donors (Lipinski definition) is 0. The van der Waals surface area contributed by atoms with Gasteiger partial charge in [-0.15, -0.1) is 0 Å². The number of pyridine rings is 1. The Hall–Kier alpha value is -2.41. The van der Waals surface area contributed by atoms with E-state index in [0.717, 1.165) is 80.8 Å². The highest BCUT2D eigenvalue weighted by molar-refractivity contribution is 5.69. The van der Waals surface area contributed by atoms with Crippen LogP contribution in [0.1, 0.15) is 63.1 Å². The molecule has 1 aromatic heterocycles. The zero-order valence-electron chi connectivity index (χ0n) is 22.4. The maximum Gasteiger partial charge on any atom is 0.395 e. The number of nitrogens with zero attached hydrogens (tertiary/aromatic N) is 3. The van der Waals surface area contributed by atoms with E-state index in [1.54, 1.807) is 12.3 Å². The first-order valence-corrected chi connectivity index (χ1v) is 14.1. The van der Waals surface area contributed by atoms with Crippen molar-refractivity contribution in [2.75, 3.05) is 32.7 Å². The van der Waals surface area contributed by atoms with E-state index >= 15 is 4.39 Å². The van der Waals surface area contributed by atoms with Crippen LogP contribution in [0, 0.1) is 23.1 Å². The first-order chi connectivity index (χ1) is 18.1. The topological polar surface area (TPSA) is 19.4 Å².